The van der Waals surface area contributed by atoms with Crippen molar-refractivity contribution in [2.24, 2.45) is 0 Å². The predicted molar refractivity (Wildman–Crippen MR) is 77.6 cm³/mol. The molecule has 19 heavy (non-hydrogen) atoms. The summed E-state index contributed by atoms with van der Waals surface area (Å²) < 4.78 is 13.7. The Labute approximate surface area is 123 Å². The molecular formula is C14H9BrClFN2. The lowest BCUT2D eigenvalue weighted by atomic mass is 10.1. The van der Waals surface area contributed by atoms with Crippen LogP contribution in [0.3, 0.4) is 0 Å². The minimum Gasteiger partial charge on any atom is -0.379 e. The van der Waals surface area contributed by atoms with E-state index in [1.54, 1.807) is 12.1 Å². The predicted octanol–water partition coefficient (Wildman–Crippen LogP) is 4.73. The summed E-state index contributed by atoms with van der Waals surface area (Å²) in [5.74, 6) is -0.388. The summed E-state index contributed by atoms with van der Waals surface area (Å²) in [6.45, 7) is 0.537. The summed E-state index contributed by atoms with van der Waals surface area (Å²) >= 11 is 9.24. The maximum Gasteiger partial charge on any atom is 0.125 e. The third kappa shape index (κ3) is 3.46. The lowest BCUT2D eigenvalue weighted by Gasteiger charge is -2.11. The second-order valence-electron chi connectivity index (χ2n) is 3.91. The number of hydrogen-bond acceptors (Lipinski definition) is 2. The number of benzene rings is 2. The van der Waals surface area contributed by atoms with Crippen LogP contribution in [0.25, 0.3) is 0 Å². The quantitative estimate of drug-likeness (QED) is 0.878. The van der Waals surface area contributed by atoms with Crippen LogP contribution in [0.2, 0.25) is 5.02 Å². The molecule has 0 saturated carbocycles. The zero-order valence-corrected chi connectivity index (χ0v) is 12.1. The van der Waals surface area contributed by atoms with E-state index in [0.29, 0.717) is 27.3 Å². The topological polar surface area (TPSA) is 35.8 Å². The number of hydrogen-bond donors (Lipinski definition) is 1. The minimum absolute atomic E-state index is 0.320. The van der Waals surface area contributed by atoms with Gasteiger partial charge in [0.2, 0.25) is 0 Å². The Balaban J connectivity index is 2.12. The third-order valence-electron chi connectivity index (χ3n) is 2.56. The van der Waals surface area contributed by atoms with Gasteiger partial charge in [-0.3, -0.25) is 0 Å². The first-order valence-corrected chi connectivity index (χ1v) is 6.64. The Kier molecular flexibility index (Phi) is 4.41. The van der Waals surface area contributed by atoms with Gasteiger partial charge in [0.05, 0.1) is 22.3 Å². The van der Waals surface area contributed by atoms with Crippen LogP contribution in [0.1, 0.15) is 11.1 Å². The first kappa shape index (κ1) is 13.9. The molecule has 0 bridgehead atoms. The second-order valence-corrected chi connectivity index (χ2v) is 5.17. The highest BCUT2D eigenvalue weighted by molar-refractivity contribution is 9.10. The van der Waals surface area contributed by atoms with Gasteiger partial charge in [0, 0.05) is 11.0 Å². The van der Waals surface area contributed by atoms with Crippen molar-refractivity contribution < 1.29 is 4.39 Å². The zero-order chi connectivity index (χ0) is 13.8. The van der Waals surface area contributed by atoms with Crippen molar-refractivity contribution in [3.05, 3.63) is 62.8 Å². The molecule has 0 heterocycles. The number of rotatable bonds is 3. The molecule has 0 aliphatic carbocycles. The molecule has 2 nitrogen and oxygen atoms in total. The van der Waals surface area contributed by atoms with Crippen molar-refractivity contribution in [1.82, 2.24) is 0 Å². The van der Waals surface area contributed by atoms with E-state index in [0.717, 1.165) is 5.56 Å². The van der Waals surface area contributed by atoms with Crippen LogP contribution < -0.4 is 5.32 Å². The fraction of sp³-hybridized carbons (Fsp3) is 0.0714. The molecule has 0 unspecified atom stereocenters. The number of nitrogens with zero attached hydrogens (tertiary/aromatic N) is 1. The number of halogens is 3. The first-order valence-electron chi connectivity index (χ1n) is 5.47. The SMILES string of the molecule is N#Cc1ccc(CNc2c(Cl)cc(F)cc2Br)cc1. The molecule has 1 N–H and O–H groups in total. The van der Waals surface area contributed by atoms with Crippen molar-refractivity contribution in [3.8, 4) is 6.07 Å². The van der Waals surface area contributed by atoms with Crippen molar-refractivity contribution in [2.45, 2.75) is 6.54 Å². The van der Waals surface area contributed by atoms with Gasteiger partial charge >= 0.3 is 0 Å². The van der Waals surface area contributed by atoms with E-state index in [1.807, 2.05) is 12.1 Å². The molecule has 0 amide bonds. The monoisotopic (exact) mass is 338 g/mol. The zero-order valence-electron chi connectivity index (χ0n) is 9.75. The fourth-order valence-electron chi connectivity index (χ4n) is 1.60. The van der Waals surface area contributed by atoms with Gasteiger partial charge in [-0.25, -0.2) is 4.39 Å². The summed E-state index contributed by atoms with van der Waals surface area (Å²) in [7, 11) is 0. The van der Waals surface area contributed by atoms with Crippen molar-refractivity contribution in [3.63, 3.8) is 0 Å². The molecule has 0 aromatic heterocycles. The van der Waals surface area contributed by atoms with E-state index in [1.165, 1.54) is 12.1 Å². The second kappa shape index (κ2) is 6.05. The Morgan fingerprint density at radius 3 is 2.53 bits per heavy atom. The molecule has 2 aromatic carbocycles. The maximum atomic E-state index is 13.1. The fourth-order valence-corrected chi connectivity index (χ4v) is 2.56. The van der Waals surface area contributed by atoms with Gasteiger partial charge in [-0.1, -0.05) is 23.7 Å². The average Bonchev–Trinajstić information content (AvgIpc) is 2.38. The number of nitriles is 1. The largest absolute Gasteiger partial charge is 0.379 e. The van der Waals surface area contributed by atoms with Crippen molar-refractivity contribution in [2.75, 3.05) is 5.32 Å². The molecule has 0 atom stereocenters. The molecule has 0 radical (unpaired) electrons. The smallest absolute Gasteiger partial charge is 0.125 e. The van der Waals surface area contributed by atoms with Crippen molar-refractivity contribution in [1.29, 1.82) is 5.26 Å². The van der Waals surface area contributed by atoms with E-state index in [2.05, 4.69) is 27.3 Å². The maximum absolute atomic E-state index is 13.1. The minimum atomic E-state index is -0.388. The molecular weight excluding hydrogens is 331 g/mol. The van der Waals surface area contributed by atoms with Gasteiger partial charge in [0.15, 0.2) is 0 Å². The van der Waals surface area contributed by atoms with E-state index in [9.17, 15) is 4.39 Å². The van der Waals surface area contributed by atoms with Crippen LogP contribution in [0, 0.1) is 17.1 Å². The summed E-state index contributed by atoms with van der Waals surface area (Å²) in [6.07, 6.45) is 0. The van der Waals surface area contributed by atoms with Crippen LogP contribution in [0.5, 0.6) is 0 Å². The van der Waals surface area contributed by atoms with Crippen LogP contribution in [0.15, 0.2) is 40.9 Å². The van der Waals surface area contributed by atoms with Gasteiger partial charge < -0.3 is 5.32 Å². The summed E-state index contributed by atoms with van der Waals surface area (Å²) in [6, 6.07) is 11.9. The summed E-state index contributed by atoms with van der Waals surface area (Å²) in [4.78, 5) is 0. The highest BCUT2D eigenvalue weighted by atomic mass is 79.9. The molecule has 5 heteroatoms. The van der Waals surface area contributed by atoms with Gasteiger partial charge in [-0.2, -0.15) is 5.26 Å². The van der Waals surface area contributed by atoms with Crippen LogP contribution in [0.4, 0.5) is 10.1 Å². The first-order chi connectivity index (χ1) is 9.10. The number of anilines is 1. The molecule has 96 valence electrons. The standard InChI is InChI=1S/C14H9BrClFN2/c15-12-5-11(17)6-13(16)14(12)19-8-10-3-1-9(7-18)2-4-10/h1-6,19H,8H2. The van der Waals surface area contributed by atoms with Gasteiger partial charge in [-0.05, 0) is 45.8 Å². The Morgan fingerprint density at radius 2 is 1.95 bits per heavy atom. The van der Waals surface area contributed by atoms with Crippen LogP contribution in [-0.4, -0.2) is 0 Å². The summed E-state index contributed by atoms with van der Waals surface area (Å²) in [5, 5.41) is 12.2. The van der Waals surface area contributed by atoms with Crippen molar-refractivity contribution >= 4 is 33.2 Å². The Hall–Kier alpha value is -1.57. The lowest BCUT2D eigenvalue weighted by molar-refractivity contribution is 0.627. The van der Waals surface area contributed by atoms with E-state index in [4.69, 9.17) is 16.9 Å². The normalized spacial score (nSPS) is 10.0. The Morgan fingerprint density at radius 1 is 1.26 bits per heavy atom. The number of nitrogens with one attached hydrogen (secondary N) is 1. The summed E-state index contributed by atoms with van der Waals surface area (Å²) in [5.41, 5.74) is 2.27. The van der Waals surface area contributed by atoms with Crippen LogP contribution >= 0.6 is 27.5 Å². The molecule has 0 aliphatic heterocycles. The molecule has 0 fully saturated rings. The van der Waals surface area contributed by atoms with Gasteiger partial charge in [0.25, 0.3) is 0 Å². The van der Waals surface area contributed by atoms with E-state index < -0.39 is 0 Å². The highest BCUT2D eigenvalue weighted by Gasteiger charge is 2.07. The average molecular weight is 340 g/mol. The highest BCUT2D eigenvalue weighted by Crippen LogP contribution is 2.32. The van der Waals surface area contributed by atoms with Gasteiger partial charge in [-0.15, -0.1) is 0 Å². The van der Waals surface area contributed by atoms with E-state index >= 15 is 0 Å². The molecule has 0 saturated heterocycles. The molecule has 2 rings (SSSR count). The Bertz CT molecular complexity index is 612. The third-order valence-corrected chi connectivity index (χ3v) is 3.48. The lowest BCUT2D eigenvalue weighted by Crippen LogP contribution is -2.01. The molecule has 2 aromatic rings. The van der Waals surface area contributed by atoms with Gasteiger partial charge in [0.1, 0.15) is 5.82 Å². The van der Waals surface area contributed by atoms with Crippen LogP contribution in [-0.2, 0) is 6.54 Å². The van der Waals surface area contributed by atoms with E-state index in [-0.39, 0.29) is 5.82 Å². The molecule has 0 spiro atoms. The molecule has 0 aliphatic rings.